The van der Waals surface area contributed by atoms with Crippen LogP contribution < -0.4 is 10.6 Å². The molecule has 4 nitrogen and oxygen atoms in total. The average molecular weight is 246 g/mol. The lowest BCUT2D eigenvalue weighted by atomic mass is 9.89. The van der Waals surface area contributed by atoms with Gasteiger partial charge in [0.25, 0.3) is 0 Å². The van der Waals surface area contributed by atoms with Crippen molar-refractivity contribution in [1.29, 1.82) is 0 Å². The summed E-state index contributed by atoms with van der Waals surface area (Å²) in [6, 6.07) is 5.88. The lowest BCUT2D eigenvalue weighted by Gasteiger charge is -2.24. The second-order valence-electron chi connectivity index (χ2n) is 5.26. The number of hydrogen-bond acceptors (Lipinski definition) is 3. The summed E-state index contributed by atoms with van der Waals surface area (Å²) in [6.07, 6.45) is 2.88. The van der Waals surface area contributed by atoms with E-state index < -0.39 is 0 Å². The van der Waals surface area contributed by atoms with E-state index in [-0.39, 0.29) is 18.1 Å². The third-order valence-corrected chi connectivity index (χ3v) is 3.88. The Bertz CT molecular complexity index is 487. The summed E-state index contributed by atoms with van der Waals surface area (Å²) < 4.78 is 0. The topological polar surface area (TPSA) is 66.6 Å². The number of carbonyl (C=O) groups is 1. The second-order valence-corrected chi connectivity index (χ2v) is 5.26. The van der Waals surface area contributed by atoms with Gasteiger partial charge in [-0.3, -0.25) is 4.79 Å². The van der Waals surface area contributed by atoms with E-state index in [1.54, 1.807) is 4.90 Å². The molecule has 1 aliphatic heterocycles. The second kappa shape index (κ2) is 4.37. The Hall–Kier alpha value is -1.39. The molecule has 1 fully saturated rings. The van der Waals surface area contributed by atoms with Crippen molar-refractivity contribution in [3.05, 3.63) is 29.3 Å². The molecule has 2 unspecified atom stereocenters. The van der Waals surface area contributed by atoms with E-state index in [0.29, 0.717) is 13.0 Å². The van der Waals surface area contributed by atoms with Gasteiger partial charge in [0.05, 0.1) is 6.10 Å². The Balaban J connectivity index is 1.94. The van der Waals surface area contributed by atoms with E-state index >= 15 is 0 Å². The molecule has 3 rings (SSSR count). The molecule has 1 amide bonds. The number of nitrogens with zero attached hydrogens (tertiary/aromatic N) is 1. The van der Waals surface area contributed by atoms with Crippen molar-refractivity contribution in [2.75, 3.05) is 11.4 Å². The summed E-state index contributed by atoms with van der Waals surface area (Å²) in [4.78, 5) is 13.5. The molecule has 4 heteroatoms. The van der Waals surface area contributed by atoms with E-state index in [1.165, 1.54) is 5.56 Å². The van der Waals surface area contributed by atoms with Gasteiger partial charge in [-0.05, 0) is 42.5 Å². The fraction of sp³-hybridized carbons (Fsp3) is 0.500. The van der Waals surface area contributed by atoms with Gasteiger partial charge in [-0.15, -0.1) is 0 Å². The Morgan fingerprint density at radius 2 is 2.22 bits per heavy atom. The number of aryl methyl sites for hydroxylation is 1. The minimum atomic E-state index is -0.389. The van der Waals surface area contributed by atoms with Crippen LogP contribution in [-0.2, 0) is 11.2 Å². The quantitative estimate of drug-likeness (QED) is 0.780. The number of rotatable bonds is 1. The maximum Gasteiger partial charge on any atom is 0.228 e. The molecular weight excluding hydrogens is 228 g/mol. The Kier molecular flexibility index (Phi) is 2.84. The van der Waals surface area contributed by atoms with Gasteiger partial charge in [-0.1, -0.05) is 6.07 Å². The van der Waals surface area contributed by atoms with Gasteiger partial charge in [0, 0.05) is 24.7 Å². The molecule has 0 aromatic heterocycles. The van der Waals surface area contributed by atoms with E-state index in [1.807, 2.05) is 18.2 Å². The molecule has 1 aliphatic carbocycles. The number of fused-ring (bicyclic) bond motifs is 1. The number of aliphatic hydroxyl groups is 1. The normalized spacial score (nSPS) is 27.4. The van der Waals surface area contributed by atoms with Crippen LogP contribution in [0.2, 0.25) is 0 Å². The summed E-state index contributed by atoms with van der Waals surface area (Å²) in [5.41, 5.74) is 8.86. The van der Waals surface area contributed by atoms with Crippen molar-refractivity contribution < 1.29 is 9.90 Å². The summed E-state index contributed by atoms with van der Waals surface area (Å²) in [7, 11) is 0. The molecule has 0 bridgehead atoms. The molecule has 0 radical (unpaired) electrons. The van der Waals surface area contributed by atoms with Crippen molar-refractivity contribution in [2.24, 2.45) is 5.73 Å². The van der Waals surface area contributed by atoms with Crippen LogP contribution in [0, 0.1) is 0 Å². The Morgan fingerprint density at radius 1 is 1.39 bits per heavy atom. The monoisotopic (exact) mass is 246 g/mol. The first kappa shape index (κ1) is 11.7. The molecule has 96 valence electrons. The largest absolute Gasteiger partial charge is 0.388 e. The van der Waals surface area contributed by atoms with Crippen LogP contribution in [0.1, 0.15) is 36.5 Å². The number of anilines is 1. The van der Waals surface area contributed by atoms with Gasteiger partial charge in [-0.2, -0.15) is 0 Å². The van der Waals surface area contributed by atoms with Crippen molar-refractivity contribution in [1.82, 2.24) is 0 Å². The number of amides is 1. The molecule has 3 N–H and O–H groups in total. The summed E-state index contributed by atoms with van der Waals surface area (Å²) in [5, 5.41) is 10.0. The fourth-order valence-electron chi connectivity index (χ4n) is 2.91. The van der Waals surface area contributed by atoms with Crippen LogP contribution in [0.15, 0.2) is 18.2 Å². The number of carbonyl (C=O) groups excluding carboxylic acids is 1. The molecule has 0 spiro atoms. The first-order valence-corrected chi connectivity index (χ1v) is 6.52. The smallest absolute Gasteiger partial charge is 0.228 e. The fourth-order valence-corrected chi connectivity index (χ4v) is 2.91. The van der Waals surface area contributed by atoms with E-state index in [2.05, 4.69) is 0 Å². The van der Waals surface area contributed by atoms with Gasteiger partial charge in [0.1, 0.15) is 0 Å². The predicted octanol–water partition coefficient (Wildman–Crippen LogP) is 1.12. The molecule has 18 heavy (non-hydrogen) atoms. The van der Waals surface area contributed by atoms with E-state index in [9.17, 15) is 9.90 Å². The van der Waals surface area contributed by atoms with Crippen LogP contribution in [0.5, 0.6) is 0 Å². The first-order valence-electron chi connectivity index (χ1n) is 6.52. The molecule has 2 aliphatic rings. The lowest BCUT2D eigenvalue weighted by molar-refractivity contribution is -0.117. The van der Waals surface area contributed by atoms with Gasteiger partial charge >= 0.3 is 0 Å². The highest BCUT2D eigenvalue weighted by Gasteiger charge is 2.29. The number of hydrogen-bond donors (Lipinski definition) is 2. The molecule has 1 aromatic carbocycles. The standard InChI is InChI=1S/C14H18N2O2/c15-10-6-14(18)16(8-10)11-5-4-9-2-1-3-13(17)12(9)7-11/h4-5,7,10,13,17H,1-3,6,8,15H2. The summed E-state index contributed by atoms with van der Waals surface area (Å²) in [5.74, 6) is 0.0766. The Morgan fingerprint density at radius 3 is 2.94 bits per heavy atom. The highest BCUT2D eigenvalue weighted by atomic mass is 16.3. The predicted molar refractivity (Wildman–Crippen MR) is 69.3 cm³/mol. The third kappa shape index (κ3) is 1.91. The molecular formula is C14H18N2O2. The van der Waals surface area contributed by atoms with Gasteiger partial charge < -0.3 is 15.7 Å². The van der Waals surface area contributed by atoms with Crippen LogP contribution in [0.3, 0.4) is 0 Å². The van der Waals surface area contributed by atoms with Crippen molar-refractivity contribution in [3.8, 4) is 0 Å². The van der Waals surface area contributed by atoms with E-state index in [4.69, 9.17) is 5.73 Å². The SMILES string of the molecule is NC1CC(=O)N(c2ccc3c(c2)C(O)CCC3)C1. The molecule has 0 saturated carbocycles. The summed E-state index contributed by atoms with van der Waals surface area (Å²) >= 11 is 0. The highest BCUT2D eigenvalue weighted by Crippen LogP contribution is 2.33. The van der Waals surface area contributed by atoms with Gasteiger partial charge in [0.15, 0.2) is 0 Å². The van der Waals surface area contributed by atoms with E-state index in [0.717, 1.165) is 30.5 Å². The maximum absolute atomic E-state index is 11.8. The number of benzene rings is 1. The maximum atomic E-state index is 11.8. The lowest BCUT2D eigenvalue weighted by Crippen LogP contribution is -2.28. The van der Waals surface area contributed by atoms with Crippen LogP contribution in [-0.4, -0.2) is 23.6 Å². The minimum absolute atomic E-state index is 0.0709. The third-order valence-electron chi connectivity index (χ3n) is 3.88. The number of aliphatic hydroxyl groups excluding tert-OH is 1. The molecule has 2 atom stereocenters. The zero-order valence-corrected chi connectivity index (χ0v) is 10.3. The molecule has 1 aromatic rings. The highest BCUT2D eigenvalue weighted by molar-refractivity contribution is 5.96. The first-order chi connectivity index (χ1) is 8.65. The average Bonchev–Trinajstić information content (AvgIpc) is 2.69. The Labute approximate surface area is 106 Å². The summed E-state index contributed by atoms with van der Waals surface area (Å²) in [6.45, 7) is 0.577. The zero-order valence-electron chi connectivity index (χ0n) is 10.3. The van der Waals surface area contributed by atoms with Crippen LogP contribution in [0.25, 0.3) is 0 Å². The molecule has 1 heterocycles. The zero-order chi connectivity index (χ0) is 12.7. The van der Waals surface area contributed by atoms with Gasteiger partial charge in [0.2, 0.25) is 5.91 Å². The van der Waals surface area contributed by atoms with Gasteiger partial charge in [-0.25, -0.2) is 0 Å². The minimum Gasteiger partial charge on any atom is -0.388 e. The van der Waals surface area contributed by atoms with Crippen molar-refractivity contribution in [2.45, 2.75) is 37.8 Å². The van der Waals surface area contributed by atoms with Crippen LogP contribution >= 0.6 is 0 Å². The van der Waals surface area contributed by atoms with Crippen LogP contribution in [0.4, 0.5) is 5.69 Å². The molecule has 1 saturated heterocycles. The van der Waals surface area contributed by atoms with Crippen molar-refractivity contribution in [3.63, 3.8) is 0 Å². The van der Waals surface area contributed by atoms with Crippen molar-refractivity contribution >= 4 is 11.6 Å². The number of nitrogens with two attached hydrogens (primary N) is 1.